The highest BCUT2D eigenvalue weighted by Crippen LogP contribution is 2.13. The monoisotopic (exact) mass is 383 g/mol. The Balaban J connectivity index is 1.51. The van der Waals surface area contributed by atoms with Crippen LogP contribution in [0.15, 0.2) is 48.5 Å². The average Bonchev–Trinajstić information content (AvgIpc) is 2.73. The highest BCUT2D eigenvalue weighted by atomic mass is 16.5. The van der Waals surface area contributed by atoms with Gasteiger partial charge in [-0.15, -0.1) is 0 Å². The second-order valence-corrected chi connectivity index (χ2v) is 6.90. The van der Waals surface area contributed by atoms with Crippen LogP contribution in [-0.4, -0.2) is 44.3 Å². The number of rotatable bonds is 8. The minimum atomic E-state index is -0.173. The van der Waals surface area contributed by atoms with E-state index in [9.17, 15) is 4.79 Å². The number of hydrogen-bond acceptors (Lipinski definition) is 4. The molecule has 3 rings (SSSR count). The molecule has 6 nitrogen and oxygen atoms in total. The van der Waals surface area contributed by atoms with Gasteiger partial charge in [0.2, 0.25) is 0 Å². The van der Waals surface area contributed by atoms with Gasteiger partial charge in [-0.3, -0.25) is 4.90 Å². The van der Waals surface area contributed by atoms with Crippen molar-refractivity contribution in [2.45, 2.75) is 26.2 Å². The van der Waals surface area contributed by atoms with Gasteiger partial charge < -0.3 is 20.1 Å². The predicted molar refractivity (Wildman–Crippen MR) is 109 cm³/mol. The number of morpholine rings is 1. The highest BCUT2D eigenvalue weighted by molar-refractivity contribution is 5.73. The molecule has 2 amide bonds. The average molecular weight is 383 g/mol. The van der Waals surface area contributed by atoms with E-state index in [0.717, 1.165) is 49.5 Å². The van der Waals surface area contributed by atoms with Gasteiger partial charge in [-0.2, -0.15) is 0 Å². The standard InChI is InChI=1S/C22H29N3O3/c1-27-17-21-9-5-3-7-19(21)15-24-22(26)23-14-18-6-2-4-8-20(18)16-25-10-12-28-13-11-25/h2-9H,10-17H2,1H3,(H2,23,24,26). The third-order valence-electron chi connectivity index (χ3n) is 4.91. The van der Waals surface area contributed by atoms with Gasteiger partial charge in [0.25, 0.3) is 0 Å². The molecule has 1 fully saturated rings. The fourth-order valence-electron chi connectivity index (χ4n) is 3.32. The molecule has 0 saturated carbocycles. The van der Waals surface area contributed by atoms with Crippen LogP contribution in [0.5, 0.6) is 0 Å². The Morgan fingerprint density at radius 1 is 0.929 bits per heavy atom. The molecule has 1 heterocycles. The molecule has 0 aliphatic carbocycles. The lowest BCUT2D eigenvalue weighted by Crippen LogP contribution is -2.37. The van der Waals surface area contributed by atoms with Crippen molar-refractivity contribution in [3.63, 3.8) is 0 Å². The minimum absolute atomic E-state index is 0.173. The first-order valence-corrected chi connectivity index (χ1v) is 9.70. The van der Waals surface area contributed by atoms with E-state index >= 15 is 0 Å². The van der Waals surface area contributed by atoms with Crippen LogP contribution < -0.4 is 10.6 Å². The summed E-state index contributed by atoms with van der Waals surface area (Å²) in [5.41, 5.74) is 4.53. The molecule has 28 heavy (non-hydrogen) atoms. The summed E-state index contributed by atoms with van der Waals surface area (Å²) in [6.45, 7) is 5.86. The second-order valence-electron chi connectivity index (χ2n) is 6.90. The first kappa shape index (κ1) is 20.3. The molecule has 1 aliphatic heterocycles. The number of nitrogens with zero attached hydrogens (tertiary/aromatic N) is 1. The maximum Gasteiger partial charge on any atom is 0.315 e. The molecule has 2 aromatic rings. The smallest absolute Gasteiger partial charge is 0.315 e. The van der Waals surface area contributed by atoms with E-state index in [1.165, 1.54) is 5.56 Å². The zero-order chi connectivity index (χ0) is 19.6. The molecule has 0 atom stereocenters. The highest BCUT2D eigenvalue weighted by Gasteiger charge is 2.13. The van der Waals surface area contributed by atoms with E-state index < -0.39 is 0 Å². The fraction of sp³-hybridized carbons (Fsp3) is 0.409. The summed E-state index contributed by atoms with van der Waals surface area (Å²) < 4.78 is 10.6. The molecular formula is C22H29N3O3. The Labute approximate surface area is 166 Å². The van der Waals surface area contributed by atoms with Crippen LogP contribution in [0, 0.1) is 0 Å². The summed E-state index contributed by atoms with van der Waals surface area (Å²) in [4.78, 5) is 14.7. The SMILES string of the molecule is COCc1ccccc1CNC(=O)NCc1ccccc1CN1CCOCC1. The van der Waals surface area contributed by atoms with Crippen molar-refractivity contribution < 1.29 is 14.3 Å². The third kappa shape index (κ3) is 6.05. The summed E-state index contributed by atoms with van der Waals surface area (Å²) in [5, 5.41) is 5.91. The lowest BCUT2D eigenvalue weighted by atomic mass is 10.1. The van der Waals surface area contributed by atoms with Gasteiger partial charge in [-0.1, -0.05) is 48.5 Å². The largest absolute Gasteiger partial charge is 0.380 e. The summed E-state index contributed by atoms with van der Waals surface area (Å²) in [6, 6.07) is 16.1. The van der Waals surface area contributed by atoms with E-state index in [0.29, 0.717) is 19.7 Å². The van der Waals surface area contributed by atoms with Crippen LogP contribution >= 0.6 is 0 Å². The van der Waals surface area contributed by atoms with Crippen molar-refractivity contribution in [1.82, 2.24) is 15.5 Å². The third-order valence-corrected chi connectivity index (χ3v) is 4.91. The molecule has 1 aliphatic rings. The minimum Gasteiger partial charge on any atom is -0.380 e. The number of carbonyl (C=O) groups is 1. The van der Waals surface area contributed by atoms with E-state index in [2.05, 4.69) is 27.7 Å². The summed E-state index contributed by atoms with van der Waals surface area (Å²) in [6.07, 6.45) is 0. The molecule has 2 N–H and O–H groups in total. The van der Waals surface area contributed by atoms with Crippen molar-refractivity contribution in [1.29, 1.82) is 0 Å². The quantitative estimate of drug-likeness (QED) is 0.736. The van der Waals surface area contributed by atoms with E-state index in [-0.39, 0.29) is 6.03 Å². The summed E-state index contributed by atoms with van der Waals surface area (Å²) in [5.74, 6) is 0. The van der Waals surface area contributed by atoms with Gasteiger partial charge in [0.1, 0.15) is 0 Å². The molecule has 0 radical (unpaired) electrons. The normalized spacial score (nSPS) is 14.6. The maximum atomic E-state index is 12.3. The van der Waals surface area contributed by atoms with Gasteiger partial charge in [0, 0.05) is 39.8 Å². The molecule has 0 bridgehead atoms. The topological polar surface area (TPSA) is 62.8 Å². The molecule has 2 aromatic carbocycles. The van der Waals surface area contributed by atoms with Crippen LogP contribution in [0.1, 0.15) is 22.3 Å². The summed E-state index contributed by atoms with van der Waals surface area (Å²) in [7, 11) is 1.67. The van der Waals surface area contributed by atoms with Crippen molar-refractivity contribution in [3.05, 3.63) is 70.8 Å². The molecule has 150 valence electrons. The number of carbonyl (C=O) groups excluding carboxylic acids is 1. The zero-order valence-corrected chi connectivity index (χ0v) is 16.4. The van der Waals surface area contributed by atoms with Crippen LogP contribution in [0.3, 0.4) is 0 Å². The first-order valence-electron chi connectivity index (χ1n) is 9.70. The molecule has 0 spiro atoms. The molecule has 0 aromatic heterocycles. The Morgan fingerprint density at radius 3 is 2.07 bits per heavy atom. The molecule has 1 saturated heterocycles. The van der Waals surface area contributed by atoms with Crippen LogP contribution in [-0.2, 0) is 35.7 Å². The lowest BCUT2D eigenvalue weighted by Gasteiger charge is -2.27. The number of ether oxygens (including phenoxy) is 2. The van der Waals surface area contributed by atoms with Crippen molar-refractivity contribution in [3.8, 4) is 0 Å². The van der Waals surface area contributed by atoms with Gasteiger partial charge >= 0.3 is 6.03 Å². The molecule has 0 unspecified atom stereocenters. The Hall–Kier alpha value is -2.41. The zero-order valence-electron chi connectivity index (χ0n) is 16.4. The first-order chi connectivity index (χ1) is 13.8. The van der Waals surface area contributed by atoms with Gasteiger partial charge in [-0.05, 0) is 22.3 Å². The fourth-order valence-corrected chi connectivity index (χ4v) is 3.32. The van der Waals surface area contributed by atoms with Crippen molar-refractivity contribution in [2.24, 2.45) is 0 Å². The Kier molecular flexibility index (Phi) is 7.84. The number of urea groups is 1. The van der Waals surface area contributed by atoms with Gasteiger partial charge in [-0.25, -0.2) is 4.79 Å². The molecule has 6 heteroatoms. The van der Waals surface area contributed by atoms with Crippen LogP contribution in [0.2, 0.25) is 0 Å². The Morgan fingerprint density at radius 2 is 1.46 bits per heavy atom. The number of amides is 2. The second kappa shape index (κ2) is 10.8. The maximum absolute atomic E-state index is 12.3. The molecular weight excluding hydrogens is 354 g/mol. The Bertz CT molecular complexity index is 760. The van der Waals surface area contributed by atoms with E-state index in [1.807, 2.05) is 36.4 Å². The number of benzene rings is 2. The van der Waals surface area contributed by atoms with Crippen molar-refractivity contribution in [2.75, 3.05) is 33.4 Å². The van der Waals surface area contributed by atoms with E-state index in [4.69, 9.17) is 9.47 Å². The number of nitrogens with one attached hydrogen (secondary N) is 2. The van der Waals surface area contributed by atoms with Crippen molar-refractivity contribution >= 4 is 6.03 Å². The summed E-state index contributed by atoms with van der Waals surface area (Å²) >= 11 is 0. The number of hydrogen-bond donors (Lipinski definition) is 2. The van der Waals surface area contributed by atoms with Gasteiger partial charge in [0.05, 0.1) is 19.8 Å². The van der Waals surface area contributed by atoms with Crippen LogP contribution in [0.25, 0.3) is 0 Å². The predicted octanol–water partition coefficient (Wildman–Crippen LogP) is 2.66. The lowest BCUT2D eigenvalue weighted by molar-refractivity contribution is 0.0341. The van der Waals surface area contributed by atoms with Gasteiger partial charge in [0.15, 0.2) is 0 Å². The van der Waals surface area contributed by atoms with Crippen LogP contribution in [0.4, 0.5) is 4.79 Å². The number of methoxy groups -OCH3 is 1. The van der Waals surface area contributed by atoms with E-state index in [1.54, 1.807) is 7.11 Å².